The maximum atomic E-state index is 11.7. The highest BCUT2D eigenvalue weighted by Crippen LogP contribution is 2.22. The van der Waals surface area contributed by atoms with Crippen molar-refractivity contribution in [2.45, 2.75) is 27.2 Å². The van der Waals surface area contributed by atoms with Gasteiger partial charge < -0.3 is 4.84 Å². The van der Waals surface area contributed by atoms with Crippen molar-refractivity contribution in [3.05, 3.63) is 52.6 Å². The summed E-state index contributed by atoms with van der Waals surface area (Å²) >= 11 is 0. The number of aryl methyl sites for hydroxylation is 2. The van der Waals surface area contributed by atoms with E-state index in [9.17, 15) is 4.79 Å². The lowest BCUT2D eigenvalue weighted by Gasteiger charge is -2.04. The van der Waals surface area contributed by atoms with Gasteiger partial charge in [-0.15, -0.1) is 0 Å². The van der Waals surface area contributed by atoms with Gasteiger partial charge in [-0.3, -0.25) is 0 Å². The van der Waals surface area contributed by atoms with Gasteiger partial charge in [-0.1, -0.05) is 42.4 Å². The Bertz CT molecular complexity index is 609. The van der Waals surface area contributed by atoms with Gasteiger partial charge in [-0.05, 0) is 43.0 Å². The highest BCUT2D eigenvalue weighted by atomic mass is 16.7. The van der Waals surface area contributed by atoms with Crippen LogP contribution in [0.2, 0.25) is 0 Å². The molecule has 98 valence electrons. The first-order chi connectivity index (χ1) is 9.02. The Morgan fingerprint density at radius 1 is 1.42 bits per heavy atom. The van der Waals surface area contributed by atoms with Crippen LogP contribution in [-0.4, -0.2) is 11.7 Å². The average Bonchev–Trinajstić information content (AvgIpc) is 2.73. The fourth-order valence-electron chi connectivity index (χ4n) is 1.97. The Morgan fingerprint density at radius 3 is 2.79 bits per heavy atom. The molecule has 2 rings (SSSR count). The molecule has 0 atom stereocenters. The number of oxime groups is 1. The number of carbonyl (C=O) groups is 1. The van der Waals surface area contributed by atoms with Gasteiger partial charge in [0.25, 0.3) is 0 Å². The lowest BCUT2D eigenvalue weighted by Crippen LogP contribution is -2.07. The standard InChI is InChI=1S/C16H17NO2/c1-5-11(3)15-14(16(18)19-17-15)9-13-7-6-10(2)8-12(13)4/h6-9H,3,5H2,1-2,4H3/b14-9-. The highest BCUT2D eigenvalue weighted by Gasteiger charge is 2.26. The minimum Gasteiger partial charge on any atom is -0.312 e. The number of hydrogen-bond donors (Lipinski definition) is 0. The van der Waals surface area contributed by atoms with Crippen molar-refractivity contribution in [2.24, 2.45) is 5.16 Å². The Labute approximate surface area is 113 Å². The third-order valence-corrected chi connectivity index (χ3v) is 3.18. The van der Waals surface area contributed by atoms with Crippen LogP contribution in [0.3, 0.4) is 0 Å². The average molecular weight is 255 g/mol. The first-order valence-electron chi connectivity index (χ1n) is 6.29. The number of rotatable bonds is 3. The molecular weight excluding hydrogens is 238 g/mol. The number of nitrogens with zero attached hydrogens (tertiary/aromatic N) is 1. The zero-order valence-electron chi connectivity index (χ0n) is 11.5. The van der Waals surface area contributed by atoms with Crippen molar-refractivity contribution in [1.82, 2.24) is 0 Å². The molecule has 0 bridgehead atoms. The number of allylic oxidation sites excluding steroid dienone is 1. The molecule has 0 aromatic heterocycles. The summed E-state index contributed by atoms with van der Waals surface area (Å²) in [6.45, 7) is 9.95. The van der Waals surface area contributed by atoms with Crippen LogP contribution >= 0.6 is 0 Å². The molecular formula is C16H17NO2. The van der Waals surface area contributed by atoms with Crippen LogP contribution in [0.25, 0.3) is 6.08 Å². The molecule has 0 spiro atoms. The first kappa shape index (κ1) is 13.3. The van der Waals surface area contributed by atoms with Gasteiger partial charge in [0.05, 0.1) is 5.57 Å². The van der Waals surface area contributed by atoms with Gasteiger partial charge in [-0.2, -0.15) is 0 Å². The molecule has 1 aliphatic heterocycles. The first-order valence-corrected chi connectivity index (χ1v) is 6.29. The third kappa shape index (κ3) is 2.65. The second kappa shape index (κ2) is 5.22. The van der Waals surface area contributed by atoms with Gasteiger partial charge in [0, 0.05) is 0 Å². The summed E-state index contributed by atoms with van der Waals surface area (Å²) in [5, 5.41) is 3.81. The van der Waals surface area contributed by atoms with Crippen molar-refractivity contribution >= 4 is 17.8 Å². The second-order valence-corrected chi connectivity index (χ2v) is 4.69. The van der Waals surface area contributed by atoms with E-state index in [2.05, 4.69) is 17.8 Å². The van der Waals surface area contributed by atoms with E-state index in [0.717, 1.165) is 23.1 Å². The second-order valence-electron chi connectivity index (χ2n) is 4.69. The minimum absolute atomic E-state index is 0.412. The summed E-state index contributed by atoms with van der Waals surface area (Å²) in [7, 11) is 0. The van der Waals surface area contributed by atoms with Crippen LogP contribution in [0.1, 0.15) is 30.0 Å². The lowest BCUT2D eigenvalue weighted by molar-refractivity contribution is -0.136. The van der Waals surface area contributed by atoms with Gasteiger partial charge in [0.2, 0.25) is 0 Å². The Morgan fingerprint density at radius 2 is 2.16 bits per heavy atom. The monoisotopic (exact) mass is 255 g/mol. The molecule has 0 aliphatic carbocycles. The lowest BCUT2D eigenvalue weighted by atomic mass is 9.98. The van der Waals surface area contributed by atoms with E-state index < -0.39 is 5.97 Å². The Kier molecular flexibility index (Phi) is 3.65. The summed E-state index contributed by atoms with van der Waals surface area (Å²) in [5.41, 5.74) is 5.17. The van der Waals surface area contributed by atoms with E-state index in [1.807, 2.05) is 39.0 Å². The number of benzene rings is 1. The van der Waals surface area contributed by atoms with E-state index in [1.54, 1.807) is 0 Å². The van der Waals surface area contributed by atoms with Crippen molar-refractivity contribution in [3.8, 4) is 0 Å². The summed E-state index contributed by atoms with van der Waals surface area (Å²) < 4.78 is 0. The molecule has 0 amide bonds. The fraction of sp³-hybridized carbons (Fsp3) is 0.250. The van der Waals surface area contributed by atoms with Crippen LogP contribution in [0.5, 0.6) is 0 Å². The van der Waals surface area contributed by atoms with Crippen molar-refractivity contribution < 1.29 is 9.63 Å². The van der Waals surface area contributed by atoms with E-state index >= 15 is 0 Å². The molecule has 1 heterocycles. The summed E-state index contributed by atoms with van der Waals surface area (Å²) in [4.78, 5) is 16.5. The zero-order chi connectivity index (χ0) is 14.0. The molecule has 0 fully saturated rings. The van der Waals surface area contributed by atoms with Crippen LogP contribution in [0.15, 0.2) is 41.1 Å². The minimum atomic E-state index is -0.412. The van der Waals surface area contributed by atoms with E-state index in [4.69, 9.17) is 4.84 Å². The third-order valence-electron chi connectivity index (χ3n) is 3.18. The maximum absolute atomic E-state index is 11.7. The van der Waals surface area contributed by atoms with Gasteiger partial charge >= 0.3 is 5.97 Å². The summed E-state index contributed by atoms with van der Waals surface area (Å²) in [5.74, 6) is -0.412. The topological polar surface area (TPSA) is 38.7 Å². The van der Waals surface area contributed by atoms with Gasteiger partial charge in [0.1, 0.15) is 5.71 Å². The molecule has 1 aromatic carbocycles. The number of carbonyl (C=O) groups excluding carboxylic acids is 1. The molecule has 0 radical (unpaired) electrons. The molecule has 3 heteroatoms. The molecule has 0 saturated carbocycles. The van der Waals surface area contributed by atoms with Gasteiger partial charge in [0.15, 0.2) is 0 Å². The van der Waals surface area contributed by atoms with E-state index in [-0.39, 0.29) is 0 Å². The zero-order valence-corrected chi connectivity index (χ0v) is 11.5. The normalized spacial score (nSPS) is 16.5. The molecule has 1 aromatic rings. The smallest absolute Gasteiger partial charge is 0.312 e. The van der Waals surface area contributed by atoms with E-state index in [1.165, 1.54) is 5.56 Å². The summed E-state index contributed by atoms with van der Waals surface area (Å²) in [6.07, 6.45) is 2.56. The molecule has 3 nitrogen and oxygen atoms in total. The summed E-state index contributed by atoms with van der Waals surface area (Å²) in [6, 6.07) is 6.10. The predicted molar refractivity (Wildman–Crippen MR) is 76.9 cm³/mol. The van der Waals surface area contributed by atoms with Crippen LogP contribution < -0.4 is 0 Å². The Hall–Kier alpha value is -2.16. The highest BCUT2D eigenvalue weighted by molar-refractivity contribution is 6.31. The van der Waals surface area contributed by atoms with E-state index in [0.29, 0.717) is 11.3 Å². The SMILES string of the molecule is C=C(CC)C1=NOC(=O)/C1=C\c1ccc(C)cc1C. The number of hydrogen-bond acceptors (Lipinski definition) is 3. The van der Waals surface area contributed by atoms with Crippen molar-refractivity contribution in [3.63, 3.8) is 0 Å². The molecule has 0 unspecified atom stereocenters. The largest absolute Gasteiger partial charge is 0.368 e. The Balaban J connectivity index is 2.43. The predicted octanol–water partition coefficient (Wildman–Crippen LogP) is 3.57. The molecule has 19 heavy (non-hydrogen) atoms. The maximum Gasteiger partial charge on any atom is 0.368 e. The van der Waals surface area contributed by atoms with Gasteiger partial charge in [-0.25, -0.2) is 4.79 Å². The quantitative estimate of drug-likeness (QED) is 0.612. The van der Waals surface area contributed by atoms with Crippen LogP contribution in [-0.2, 0) is 9.63 Å². The van der Waals surface area contributed by atoms with Crippen molar-refractivity contribution in [2.75, 3.05) is 0 Å². The molecule has 0 N–H and O–H groups in total. The molecule has 1 aliphatic rings. The molecule has 0 saturated heterocycles. The van der Waals surface area contributed by atoms with Crippen LogP contribution in [0.4, 0.5) is 0 Å². The van der Waals surface area contributed by atoms with Crippen molar-refractivity contribution in [1.29, 1.82) is 0 Å². The van der Waals surface area contributed by atoms with Crippen LogP contribution in [0, 0.1) is 13.8 Å². The fourth-order valence-corrected chi connectivity index (χ4v) is 1.97.